The summed E-state index contributed by atoms with van der Waals surface area (Å²) in [5.41, 5.74) is 2.67. The maximum absolute atomic E-state index is 13.2. The number of aromatic nitrogens is 4. The number of hydrogen-bond donors (Lipinski definition) is 1. The first-order valence-electron chi connectivity index (χ1n) is 10.3. The summed E-state index contributed by atoms with van der Waals surface area (Å²) in [6, 6.07) is 11.6. The highest BCUT2D eigenvalue weighted by Crippen LogP contribution is 2.37. The number of sulfonamides is 1. The Morgan fingerprint density at radius 1 is 1.06 bits per heavy atom. The minimum absolute atomic E-state index is 0.0586. The van der Waals surface area contributed by atoms with Gasteiger partial charge in [0.1, 0.15) is 10.0 Å². The molecule has 0 saturated carbocycles. The molecular formula is C23H25N5O2S2. The lowest BCUT2D eigenvalue weighted by Crippen LogP contribution is -2.14. The van der Waals surface area contributed by atoms with Gasteiger partial charge in [-0.3, -0.25) is 0 Å². The van der Waals surface area contributed by atoms with E-state index in [-0.39, 0.29) is 10.2 Å². The summed E-state index contributed by atoms with van der Waals surface area (Å²) in [5, 5.41) is 0. The molecule has 32 heavy (non-hydrogen) atoms. The van der Waals surface area contributed by atoms with Gasteiger partial charge in [-0.05, 0) is 42.5 Å². The van der Waals surface area contributed by atoms with Gasteiger partial charge in [-0.2, -0.15) is 0 Å². The number of nitrogens with zero attached hydrogens (tertiary/aromatic N) is 4. The van der Waals surface area contributed by atoms with Crippen molar-refractivity contribution in [2.45, 2.75) is 37.9 Å². The smallest absolute Gasteiger partial charge is 0.274 e. The van der Waals surface area contributed by atoms with Crippen molar-refractivity contribution < 1.29 is 8.42 Å². The summed E-state index contributed by atoms with van der Waals surface area (Å²) in [6.45, 7) is 6.93. The Morgan fingerprint density at radius 2 is 1.78 bits per heavy atom. The molecule has 0 fully saturated rings. The molecule has 0 aliphatic rings. The molecule has 0 bridgehead atoms. The fourth-order valence-electron chi connectivity index (χ4n) is 3.40. The highest BCUT2D eigenvalue weighted by molar-refractivity contribution is 7.94. The second-order valence-electron chi connectivity index (χ2n) is 7.99. The summed E-state index contributed by atoms with van der Waals surface area (Å²) < 4.78 is 31.3. The number of nitrogens with one attached hydrogen (secondary N) is 1. The highest BCUT2D eigenvalue weighted by atomic mass is 32.2. The number of aryl methyl sites for hydroxylation is 1. The zero-order valence-electron chi connectivity index (χ0n) is 18.2. The minimum Gasteiger partial charge on any atom is -0.331 e. The summed E-state index contributed by atoms with van der Waals surface area (Å²) in [6.07, 6.45) is 7.55. The number of thiophene rings is 1. The Morgan fingerprint density at radius 3 is 2.41 bits per heavy atom. The van der Waals surface area contributed by atoms with Crippen LogP contribution in [0.5, 0.6) is 0 Å². The van der Waals surface area contributed by atoms with E-state index >= 15 is 0 Å². The Balaban J connectivity index is 1.68. The molecule has 0 radical (unpaired) electrons. The molecule has 0 atom stereocenters. The van der Waals surface area contributed by atoms with E-state index in [2.05, 4.69) is 38.1 Å². The predicted octanol–water partition coefficient (Wildman–Crippen LogP) is 4.76. The van der Waals surface area contributed by atoms with Crippen molar-refractivity contribution in [2.75, 3.05) is 4.72 Å². The molecule has 9 heteroatoms. The fourth-order valence-corrected chi connectivity index (χ4v) is 6.31. The molecule has 4 aromatic rings. The van der Waals surface area contributed by atoms with E-state index in [0.29, 0.717) is 18.0 Å². The van der Waals surface area contributed by atoms with Crippen LogP contribution in [0.4, 0.5) is 5.95 Å². The van der Waals surface area contributed by atoms with Crippen molar-refractivity contribution in [3.8, 4) is 11.1 Å². The van der Waals surface area contributed by atoms with Gasteiger partial charge in [0.25, 0.3) is 10.0 Å². The standard InChI is InChI=1S/C23H25N5O2S2/c1-16(2)13-20-14-21(22(31-20)32(29,30)27-23-25-9-4-10-26-23)19-7-5-18(6-8-19)15-28-12-11-24-17(28)3/h4-12,14,16H,13,15H2,1-3H3,(H,25,26,27). The van der Waals surface area contributed by atoms with E-state index in [1.54, 1.807) is 12.3 Å². The summed E-state index contributed by atoms with van der Waals surface area (Å²) >= 11 is 1.30. The average Bonchev–Trinajstić information content (AvgIpc) is 3.35. The molecule has 3 aromatic heterocycles. The van der Waals surface area contributed by atoms with Gasteiger partial charge in [0, 0.05) is 41.8 Å². The summed E-state index contributed by atoms with van der Waals surface area (Å²) in [5.74, 6) is 1.43. The zero-order valence-corrected chi connectivity index (χ0v) is 19.8. The normalized spacial score (nSPS) is 11.8. The van der Waals surface area contributed by atoms with Gasteiger partial charge in [-0.1, -0.05) is 38.1 Å². The number of rotatable bonds is 8. The van der Waals surface area contributed by atoms with Crippen LogP contribution in [0.3, 0.4) is 0 Å². The molecule has 0 aliphatic carbocycles. The molecule has 0 aliphatic heterocycles. The highest BCUT2D eigenvalue weighted by Gasteiger charge is 2.24. The number of benzene rings is 1. The fraction of sp³-hybridized carbons (Fsp3) is 0.261. The lowest BCUT2D eigenvalue weighted by molar-refractivity contribution is 0.603. The maximum Gasteiger partial charge on any atom is 0.274 e. The third kappa shape index (κ3) is 5.05. The third-order valence-corrected chi connectivity index (χ3v) is 7.96. The van der Waals surface area contributed by atoms with Gasteiger partial charge in [-0.25, -0.2) is 28.1 Å². The quantitative estimate of drug-likeness (QED) is 0.404. The monoisotopic (exact) mass is 467 g/mol. The van der Waals surface area contributed by atoms with Crippen molar-refractivity contribution in [1.29, 1.82) is 0 Å². The van der Waals surface area contributed by atoms with Gasteiger partial charge in [0.15, 0.2) is 0 Å². The van der Waals surface area contributed by atoms with Crippen LogP contribution in [0.2, 0.25) is 0 Å². The minimum atomic E-state index is -3.83. The molecule has 4 rings (SSSR count). The first-order chi connectivity index (χ1) is 15.3. The van der Waals surface area contributed by atoms with E-state index in [1.165, 1.54) is 23.7 Å². The van der Waals surface area contributed by atoms with Crippen molar-refractivity contribution in [2.24, 2.45) is 5.92 Å². The summed E-state index contributed by atoms with van der Waals surface area (Å²) in [7, 11) is -3.83. The van der Waals surface area contributed by atoms with Gasteiger partial charge in [-0.15, -0.1) is 11.3 Å². The number of anilines is 1. The van der Waals surface area contributed by atoms with Crippen LogP contribution < -0.4 is 4.72 Å². The third-order valence-electron chi connectivity index (χ3n) is 4.94. The molecular weight excluding hydrogens is 442 g/mol. The van der Waals surface area contributed by atoms with E-state index in [0.717, 1.165) is 28.2 Å². The van der Waals surface area contributed by atoms with Gasteiger partial charge >= 0.3 is 0 Å². The van der Waals surface area contributed by atoms with Crippen LogP contribution in [-0.4, -0.2) is 27.9 Å². The van der Waals surface area contributed by atoms with Crippen LogP contribution in [0.15, 0.2) is 65.4 Å². The van der Waals surface area contributed by atoms with Crippen LogP contribution >= 0.6 is 11.3 Å². The molecule has 3 heterocycles. The Kier molecular flexibility index (Phi) is 6.38. The molecule has 1 N–H and O–H groups in total. The van der Waals surface area contributed by atoms with Crippen LogP contribution in [0.25, 0.3) is 11.1 Å². The SMILES string of the molecule is Cc1nccn1Cc1ccc(-c2cc(CC(C)C)sc2S(=O)(=O)Nc2ncccn2)cc1. The van der Waals surface area contributed by atoms with Crippen molar-refractivity contribution in [3.63, 3.8) is 0 Å². The second kappa shape index (κ2) is 9.22. The van der Waals surface area contributed by atoms with E-state index in [1.807, 2.05) is 43.5 Å². The molecule has 166 valence electrons. The van der Waals surface area contributed by atoms with Gasteiger partial charge in [0.2, 0.25) is 5.95 Å². The predicted molar refractivity (Wildman–Crippen MR) is 127 cm³/mol. The molecule has 7 nitrogen and oxygen atoms in total. The number of imidazole rings is 1. The maximum atomic E-state index is 13.2. The average molecular weight is 468 g/mol. The Hall–Kier alpha value is -3.04. The van der Waals surface area contributed by atoms with Crippen molar-refractivity contribution >= 4 is 27.3 Å². The van der Waals surface area contributed by atoms with E-state index < -0.39 is 10.0 Å². The van der Waals surface area contributed by atoms with Gasteiger partial charge in [0.05, 0.1) is 0 Å². The Labute approximate surface area is 192 Å². The van der Waals surface area contributed by atoms with Crippen molar-refractivity contribution in [3.05, 3.63) is 77.5 Å². The lowest BCUT2D eigenvalue weighted by atomic mass is 10.0. The summed E-state index contributed by atoms with van der Waals surface area (Å²) in [4.78, 5) is 13.3. The first-order valence-corrected chi connectivity index (χ1v) is 12.6. The first kappa shape index (κ1) is 22.2. The molecule has 1 aromatic carbocycles. The van der Waals surface area contributed by atoms with Crippen LogP contribution in [0.1, 0.15) is 30.1 Å². The van der Waals surface area contributed by atoms with Crippen molar-refractivity contribution in [1.82, 2.24) is 19.5 Å². The molecule has 0 amide bonds. The molecule has 0 saturated heterocycles. The van der Waals surface area contributed by atoms with E-state index in [9.17, 15) is 8.42 Å². The van der Waals surface area contributed by atoms with Crippen LogP contribution in [-0.2, 0) is 23.0 Å². The van der Waals surface area contributed by atoms with E-state index in [4.69, 9.17) is 0 Å². The zero-order chi connectivity index (χ0) is 22.7. The Bertz CT molecular complexity index is 1290. The lowest BCUT2D eigenvalue weighted by Gasteiger charge is -2.09. The number of hydrogen-bond acceptors (Lipinski definition) is 6. The molecule has 0 spiro atoms. The van der Waals surface area contributed by atoms with Gasteiger partial charge < -0.3 is 4.57 Å². The topological polar surface area (TPSA) is 89.8 Å². The molecule has 0 unspecified atom stereocenters. The second-order valence-corrected chi connectivity index (χ2v) is 11.0. The van der Waals surface area contributed by atoms with Crippen LogP contribution in [0, 0.1) is 12.8 Å². The largest absolute Gasteiger partial charge is 0.331 e.